The number of hydrogen-bond donors (Lipinski definition) is 0. The molecule has 1 aromatic heterocycles. The van der Waals surface area contributed by atoms with Gasteiger partial charge in [-0.3, -0.25) is 4.90 Å². The lowest BCUT2D eigenvalue weighted by molar-refractivity contribution is 0.203. The van der Waals surface area contributed by atoms with Gasteiger partial charge in [0.15, 0.2) is 17.3 Å². The Kier molecular flexibility index (Phi) is 4.94. The van der Waals surface area contributed by atoms with E-state index in [1.165, 1.54) is 0 Å². The third-order valence-electron chi connectivity index (χ3n) is 4.50. The van der Waals surface area contributed by atoms with E-state index in [1.807, 2.05) is 25.1 Å². The molecule has 2 heterocycles. The summed E-state index contributed by atoms with van der Waals surface area (Å²) in [5.41, 5.74) is 1.99. The molecular formula is C18H24N2O4. The molecule has 1 aliphatic rings. The zero-order valence-electron chi connectivity index (χ0n) is 14.7. The van der Waals surface area contributed by atoms with Crippen molar-refractivity contribution in [3.63, 3.8) is 0 Å². The van der Waals surface area contributed by atoms with Crippen LogP contribution in [-0.2, 0) is 6.54 Å². The van der Waals surface area contributed by atoms with E-state index in [0.717, 1.165) is 48.7 Å². The second kappa shape index (κ2) is 7.13. The van der Waals surface area contributed by atoms with Crippen LogP contribution in [0, 0.1) is 6.92 Å². The zero-order valence-corrected chi connectivity index (χ0v) is 14.7. The first-order valence-corrected chi connectivity index (χ1v) is 8.13. The van der Waals surface area contributed by atoms with Crippen molar-refractivity contribution in [2.45, 2.75) is 32.4 Å². The molecule has 3 rings (SSSR count). The fraction of sp³-hybridized carbons (Fsp3) is 0.500. The summed E-state index contributed by atoms with van der Waals surface area (Å²) in [4.78, 5) is 2.39. The lowest BCUT2D eigenvalue weighted by atomic mass is 10.1. The third kappa shape index (κ3) is 3.06. The average molecular weight is 332 g/mol. The van der Waals surface area contributed by atoms with Crippen LogP contribution in [0.15, 0.2) is 22.7 Å². The number of benzene rings is 1. The highest BCUT2D eigenvalue weighted by Gasteiger charge is 2.30. The Bertz CT molecular complexity index is 698. The minimum absolute atomic E-state index is 0.254. The maximum absolute atomic E-state index is 5.60. The van der Waals surface area contributed by atoms with E-state index in [4.69, 9.17) is 18.7 Å². The molecule has 0 N–H and O–H groups in total. The summed E-state index contributed by atoms with van der Waals surface area (Å²) in [5.74, 6) is 2.95. The molecule has 1 aromatic carbocycles. The Balaban J connectivity index is 1.87. The predicted molar refractivity (Wildman–Crippen MR) is 89.7 cm³/mol. The molecule has 0 unspecified atom stereocenters. The standard InChI is InChI=1S/C18H24N2O4/c1-12-10-16(24-19-12)14-6-5-9-20(14)11-13-7-8-15(21-2)18(23-4)17(13)22-3/h7-8,10,14H,5-6,9,11H2,1-4H3/t14-/m0/s1. The van der Waals surface area contributed by atoms with Crippen molar-refractivity contribution < 1.29 is 18.7 Å². The number of hydrogen-bond acceptors (Lipinski definition) is 6. The Morgan fingerprint density at radius 2 is 1.96 bits per heavy atom. The summed E-state index contributed by atoms with van der Waals surface area (Å²) in [7, 11) is 4.90. The van der Waals surface area contributed by atoms with Crippen LogP contribution in [0.5, 0.6) is 17.2 Å². The van der Waals surface area contributed by atoms with Crippen LogP contribution in [0.25, 0.3) is 0 Å². The molecule has 0 bridgehead atoms. The Morgan fingerprint density at radius 3 is 2.58 bits per heavy atom. The van der Waals surface area contributed by atoms with E-state index in [1.54, 1.807) is 21.3 Å². The molecule has 0 radical (unpaired) electrons. The molecule has 6 nitrogen and oxygen atoms in total. The Labute approximate surface area is 142 Å². The summed E-state index contributed by atoms with van der Waals surface area (Å²) in [6.07, 6.45) is 2.21. The van der Waals surface area contributed by atoms with Crippen molar-refractivity contribution in [2.24, 2.45) is 0 Å². The minimum Gasteiger partial charge on any atom is -0.493 e. The van der Waals surface area contributed by atoms with Gasteiger partial charge >= 0.3 is 0 Å². The van der Waals surface area contributed by atoms with Crippen molar-refractivity contribution in [1.82, 2.24) is 10.1 Å². The van der Waals surface area contributed by atoms with E-state index >= 15 is 0 Å². The SMILES string of the molecule is COc1ccc(CN2CCC[C@H]2c2cc(C)no2)c(OC)c1OC. The molecule has 1 aliphatic heterocycles. The van der Waals surface area contributed by atoms with Gasteiger partial charge in [-0.25, -0.2) is 0 Å². The third-order valence-corrected chi connectivity index (χ3v) is 4.50. The number of likely N-dealkylation sites (tertiary alicyclic amines) is 1. The molecule has 0 amide bonds. The van der Waals surface area contributed by atoms with Crippen molar-refractivity contribution in [2.75, 3.05) is 27.9 Å². The van der Waals surface area contributed by atoms with Crippen LogP contribution in [-0.4, -0.2) is 37.9 Å². The second-order valence-electron chi connectivity index (χ2n) is 5.99. The molecule has 2 aromatic rings. The first kappa shape index (κ1) is 16.6. The first-order valence-electron chi connectivity index (χ1n) is 8.13. The van der Waals surface area contributed by atoms with E-state index in [2.05, 4.69) is 10.1 Å². The van der Waals surface area contributed by atoms with Gasteiger partial charge < -0.3 is 18.7 Å². The quantitative estimate of drug-likeness (QED) is 0.808. The van der Waals surface area contributed by atoms with Gasteiger partial charge in [-0.05, 0) is 32.4 Å². The number of aromatic nitrogens is 1. The maximum atomic E-state index is 5.60. The largest absolute Gasteiger partial charge is 0.493 e. The molecule has 6 heteroatoms. The van der Waals surface area contributed by atoms with E-state index < -0.39 is 0 Å². The molecular weight excluding hydrogens is 308 g/mol. The highest BCUT2D eigenvalue weighted by atomic mass is 16.5. The van der Waals surface area contributed by atoms with Crippen LogP contribution >= 0.6 is 0 Å². The predicted octanol–water partition coefficient (Wildman–Crippen LogP) is 3.35. The lowest BCUT2D eigenvalue weighted by Crippen LogP contribution is -2.23. The molecule has 1 saturated heterocycles. The average Bonchev–Trinajstić information content (AvgIpc) is 3.22. The first-order chi connectivity index (χ1) is 11.7. The highest BCUT2D eigenvalue weighted by molar-refractivity contribution is 5.55. The number of nitrogens with zero attached hydrogens (tertiary/aromatic N) is 2. The molecule has 1 fully saturated rings. The summed E-state index contributed by atoms with van der Waals surface area (Å²) in [6.45, 7) is 3.72. The molecule has 0 saturated carbocycles. The van der Waals surface area contributed by atoms with Crippen LogP contribution in [0.2, 0.25) is 0 Å². The molecule has 130 valence electrons. The minimum atomic E-state index is 0.254. The number of rotatable bonds is 6. The zero-order chi connectivity index (χ0) is 17.1. The van der Waals surface area contributed by atoms with Crippen molar-refractivity contribution in [3.05, 3.63) is 35.2 Å². The van der Waals surface area contributed by atoms with Gasteiger partial charge in [-0.2, -0.15) is 0 Å². The summed E-state index contributed by atoms with van der Waals surface area (Å²) in [6, 6.07) is 6.22. The monoisotopic (exact) mass is 332 g/mol. The molecule has 24 heavy (non-hydrogen) atoms. The number of ether oxygens (including phenoxy) is 3. The van der Waals surface area contributed by atoms with E-state index in [-0.39, 0.29) is 6.04 Å². The van der Waals surface area contributed by atoms with Gasteiger partial charge in [0.1, 0.15) is 0 Å². The highest BCUT2D eigenvalue weighted by Crippen LogP contribution is 2.42. The van der Waals surface area contributed by atoms with Crippen LogP contribution < -0.4 is 14.2 Å². The number of aryl methyl sites for hydroxylation is 1. The van der Waals surface area contributed by atoms with Gasteiger partial charge in [0.25, 0.3) is 0 Å². The van der Waals surface area contributed by atoms with Crippen LogP contribution in [0.4, 0.5) is 0 Å². The van der Waals surface area contributed by atoms with Crippen molar-refractivity contribution in [3.8, 4) is 17.2 Å². The molecule has 1 atom stereocenters. The van der Waals surface area contributed by atoms with Crippen LogP contribution in [0.1, 0.15) is 35.9 Å². The van der Waals surface area contributed by atoms with Gasteiger partial charge in [0.05, 0.1) is 33.1 Å². The summed E-state index contributed by atoms with van der Waals surface area (Å²) in [5, 5.41) is 4.02. The maximum Gasteiger partial charge on any atom is 0.203 e. The van der Waals surface area contributed by atoms with Crippen molar-refractivity contribution in [1.29, 1.82) is 0 Å². The normalized spacial score (nSPS) is 17.9. The summed E-state index contributed by atoms with van der Waals surface area (Å²) >= 11 is 0. The topological polar surface area (TPSA) is 57.0 Å². The molecule has 0 spiro atoms. The van der Waals surface area contributed by atoms with Crippen molar-refractivity contribution >= 4 is 0 Å². The Morgan fingerprint density at radius 1 is 1.17 bits per heavy atom. The second-order valence-corrected chi connectivity index (χ2v) is 5.99. The smallest absolute Gasteiger partial charge is 0.203 e. The lowest BCUT2D eigenvalue weighted by Gasteiger charge is -2.24. The fourth-order valence-corrected chi connectivity index (χ4v) is 3.38. The van der Waals surface area contributed by atoms with Crippen LogP contribution in [0.3, 0.4) is 0 Å². The van der Waals surface area contributed by atoms with E-state index in [9.17, 15) is 0 Å². The van der Waals surface area contributed by atoms with Gasteiger partial charge in [-0.1, -0.05) is 11.2 Å². The molecule has 0 aliphatic carbocycles. The van der Waals surface area contributed by atoms with Gasteiger partial charge in [0.2, 0.25) is 5.75 Å². The van der Waals surface area contributed by atoms with Gasteiger partial charge in [-0.15, -0.1) is 0 Å². The van der Waals surface area contributed by atoms with Gasteiger partial charge in [0, 0.05) is 18.2 Å². The van der Waals surface area contributed by atoms with E-state index in [0.29, 0.717) is 11.5 Å². The summed E-state index contributed by atoms with van der Waals surface area (Å²) < 4.78 is 21.9. The Hall–Kier alpha value is -2.21. The fourth-order valence-electron chi connectivity index (χ4n) is 3.38. The number of methoxy groups -OCH3 is 3.